The van der Waals surface area contributed by atoms with E-state index in [1.807, 2.05) is 0 Å². The third-order valence-corrected chi connectivity index (χ3v) is 6.92. The van der Waals surface area contributed by atoms with Gasteiger partial charge in [-0.1, -0.05) is 37.3 Å². The molecule has 0 aliphatic carbocycles. The lowest BCUT2D eigenvalue weighted by Gasteiger charge is -2.33. The molecule has 1 aromatic carbocycles. The lowest BCUT2D eigenvalue weighted by molar-refractivity contribution is 0.170. The molecule has 3 atom stereocenters. The van der Waals surface area contributed by atoms with Gasteiger partial charge in [0.2, 0.25) is 0 Å². The molecule has 2 saturated heterocycles. The van der Waals surface area contributed by atoms with Gasteiger partial charge in [-0.15, -0.1) is 10.2 Å². The van der Waals surface area contributed by atoms with Crippen LogP contribution >= 0.6 is 0 Å². The molecule has 6 rings (SSSR count). The van der Waals surface area contributed by atoms with E-state index in [2.05, 4.69) is 87.3 Å². The quantitative estimate of drug-likeness (QED) is 0.569. The highest BCUT2D eigenvalue weighted by molar-refractivity contribution is 5.84. The molecule has 6 heteroatoms. The number of nitrogens with one attached hydrogen (secondary N) is 1. The summed E-state index contributed by atoms with van der Waals surface area (Å²) in [6, 6.07) is 16.5. The van der Waals surface area contributed by atoms with Gasteiger partial charge in [0.15, 0.2) is 11.5 Å². The number of likely N-dealkylation sites (tertiary alicyclic amines) is 1. The minimum Gasteiger partial charge on any atom is -0.311 e. The molecule has 0 saturated carbocycles. The number of rotatable bonds is 4. The number of fused-ring (bicyclic) bond motifs is 4. The maximum Gasteiger partial charge on any atom is 0.187 e. The smallest absolute Gasteiger partial charge is 0.187 e. The Morgan fingerprint density at radius 2 is 2.07 bits per heavy atom. The molecular formula is C24H26N6. The van der Waals surface area contributed by atoms with Crippen molar-refractivity contribution in [1.82, 2.24) is 29.8 Å². The Kier molecular flexibility index (Phi) is 4.11. The van der Waals surface area contributed by atoms with Crippen LogP contribution in [0.5, 0.6) is 0 Å². The van der Waals surface area contributed by atoms with Gasteiger partial charge in [-0.2, -0.15) is 0 Å². The summed E-state index contributed by atoms with van der Waals surface area (Å²) in [5.74, 6) is 0.802. The minimum atomic E-state index is 0.373. The number of nitrogens with zero attached hydrogens (tertiary/aromatic N) is 5. The Bertz CT molecular complexity index is 1250. The fourth-order valence-corrected chi connectivity index (χ4v) is 5.21. The van der Waals surface area contributed by atoms with Crippen molar-refractivity contribution in [2.45, 2.75) is 44.8 Å². The molecule has 30 heavy (non-hydrogen) atoms. The highest BCUT2D eigenvalue weighted by Gasteiger charge is 2.40. The van der Waals surface area contributed by atoms with Crippen molar-refractivity contribution in [3.05, 3.63) is 59.8 Å². The second kappa shape index (κ2) is 6.86. The van der Waals surface area contributed by atoms with Gasteiger partial charge in [0.25, 0.3) is 0 Å². The molecule has 3 aromatic heterocycles. The van der Waals surface area contributed by atoms with Crippen molar-refractivity contribution in [2.24, 2.45) is 0 Å². The normalized spacial score (nSPS) is 22.3. The number of hydrogen-bond acceptors (Lipinski definition) is 5. The summed E-state index contributed by atoms with van der Waals surface area (Å²) < 4.78 is 2.10. The minimum absolute atomic E-state index is 0.373. The molecule has 4 aromatic rings. The summed E-state index contributed by atoms with van der Waals surface area (Å²) in [6.07, 6.45) is 4.43. The van der Waals surface area contributed by atoms with Gasteiger partial charge < -0.3 is 5.32 Å². The van der Waals surface area contributed by atoms with Crippen molar-refractivity contribution >= 4 is 16.6 Å². The maximum absolute atomic E-state index is 4.98. The number of para-hydroxylation sites is 1. The number of aromatic nitrogens is 4. The van der Waals surface area contributed by atoms with Gasteiger partial charge in [-0.3, -0.25) is 9.30 Å². The topological polar surface area (TPSA) is 58.4 Å². The molecule has 6 nitrogen and oxygen atoms in total. The van der Waals surface area contributed by atoms with E-state index in [0.717, 1.165) is 42.2 Å². The number of aryl methyl sites for hydroxylation is 1. The van der Waals surface area contributed by atoms with Crippen LogP contribution in [0.4, 0.5) is 0 Å². The molecule has 2 fully saturated rings. The van der Waals surface area contributed by atoms with Crippen LogP contribution in [0.25, 0.3) is 28.1 Å². The standard InChI is InChI=1S/C24H26N6/c1-3-16-5-4-6-17-7-9-21(26-23(16)17)24-28-27-22-10-8-18(13-30(22)24)15(2)29-14-19-11-20(29)12-25-19/h4-10,13,15,19-20,25H,3,11-12,14H2,1-2H3/t15-,19-,20-/m0/s1. The number of hydrogen-bond donors (Lipinski definition) is 1. The first-order valence-corrected chi connectivity index (χ1v) is 10.9. The number of benzene rings is 1. The fourth-order valence-electron chi connectivity index (χ4n) is 5.21. The molecule has 152 valence electrons. The summed E-state index contributed by atoms with van der Waals surface area (Å²) in [5.41, 5.74) is 5.34. The third kappa shape index (κ3) is 2.75. The molecule has 2 aliphatic rings. The van der Waals surface area contributed by atoms with Crippen molar-refractivity contribution < 1.29 is 0 Å². The summed E-state index contributed by atoms with van der Waals surface area (Å²) >= 11 is 0. The molecule has 0 unspecified atom stereocenters. The lowest BCUT2D eigenvalue weighted by Crippen LogP contribution is -2.44. The Morgan fingerprint density at radius 1 is 1.13 bits per heavy atom. The van der Waals surface area contributed by atoms with Crippen molar-refractivity contribution in [3.63, 3.8) is 0 Å². The van der Waals surface area contributed by atoms with E-state index in [4.69, 9.17) is 4.98 Å². The van der Waals surface area contributed by atoms with E-state index >= 15 is 0 Å². The molecule has 2 bridgehead atoms. The van der Waals surface area contributed by atoms with E-state index in [1.165, 1.54) is 22.9 Å². The second-order valence-electron chi connectivity index (χ2n) is 8.62. The van der Waals surface area contributed by atoms with Gasteiger partial charge in [0.05, 0.1) is 5.52 Å². The molecule has 5 heterocycles. The average molecular weight is 399 g/mol. The van der Waals surface area contributed by atoms with Gasteiger partial charge in [-0.25, -0.2) is 4.98 Å². The highest BCUT2D eigenvalue weighted by atomic mass is 15.3. The molecule has 2 aliphatic heterocycles. The van der Waals surface area contributed by atoms with E-state index in [1.54, 1.807) is 0 Å². The Labute approximate surface area is 175 Å². The molecule has 0 radical (unpaired) electrons. The summed E-state index contributed by atoms with van der Waals surface area (Å²) in [4.78, 5) is 7.61. The van der Waals surface area contributed by atoms with Gasteiger partial charge in [0, 0.05) is 42.8 Å². The first-order chi connectivity index (χ1) is 14.7. The SMILES string of the molecule is CCc1cccc2ccc(-c3nnc4ccc([C@H](C)N5C[C@@H]6C[C@H]5CN6)cn34)nc12. The number of piperazine rings is 1. The van der Waals surface area contributed by atoms with Crippen LogP contribution in [0.15, 0.2) is 48.7 Å². The lowest BCUT2D eigenvalue weighted by atomic mass is 10.1. The van der Waals surface area contributed by atoms with E-state index in [9.17, 15) is 0 Å². The van der Waals surface area contributed by atoms with E-state index < -0.39 is 0 Å². The summed E-state index contributed by atoms with van der Waals surface area (Å²) in [5, 5.41) is 13.7. The highest BCUT2D eigenvalue weighted by Crippen LogP contribution is 2.33. The molecule has 0 amide bonds. The van der Waals surface area contributed by atoms with Crippen molar-refractivity contribution in [1.29, 1.82) is 0 Å². The molecule has 0 spiro atoms. The van der Waals surface area contributed by atoms with Crippen LogP contribution in [0.1, 0.15) is 37.4 Å². The van der Waals surface area contributed by atoms with Crippen molar-refractivity contribution in [2.75, 3.05) is 13.1 Å². The second-order valence-corrected chi connectivity index (χ2v) is 8.62. The van der Waals surface area contributed by atoms with Crippen LogP contribution < -0.4 is 5.32 Å². The fraction of sp³-hybridized carbons (Fsp3) is 0.375. The summed E-state index contributed by atoms with van der Waals surface area (Å²) in [6.45, 7) is 6.72. The predicted octanol–water partition coefficient (Wildman–Crippen LogP) is 3.61. The zero-order valence-electron chi connectivity index (χ0n) is 17.4. The van der Waals surface area contributed by atoms with E-state index in [-0.39, 0.29) is 0 Å². The van der Waals surface area contributed by atoms with Gasteiger partial charge in [-0.05, 0) is 43.0 Å². The van der Waals surface area contributed by atoms with Gasteiger partial charge >= 0.3 is 0 Å². The Hall–Kier alpha value is -2.83. The van der Waals surface area contributed by atoms with Crippen LogP contribution in [0.2, 0.25) is 0 Å². The van der Waals surface area contributed by atoms with Crippen molar-refractivity contribution in [3.8, 4) is 11.5 Å². The molecular weight excluding hydrogens is 372 g/mol. The van der Waals surface area contributed by atoms with E-state index in [0.29, 0.717) is 18.1 Å². The largest absolute Gasteiger partial charge is 0.311 e. The van der Waals surface area contributed by atoms with Crippen LogP contribution in [-0.4, -0.2) is 49.7 Å². The molecule has 1 N–H and O–H groups in total. The maximum atomic E-state index is 4.98. The number of pyridine rings is 2. The average Bonchev–Trinajstić information content (AvgIpc) is 3.53. The zero-order chi connectivity index (χ0) is 20.2. The summed E-state index contributed by atoms with van der Waals surface area (Å²) in [7, 11) is 0. The predicted molar refractivity (Wildman–Crippen MR) is 118 cm³/mol. The van der Waals surface area contributed by atoms with Crippen LogP contribution in [-0.2, 0) is 6.42 Å². The first kappa shape index (κ1) is 18.0. The Morgan fingerprint density at radius 3 is 2.87 bits per heavy atom. The Balaban J connectivity index is 1.42. The third-order valence-electron chi connectivity index (χ3n) is 6.92. The van der Waals surface area contributed by atoms with Gasteiger partial charge in [0.1, 0.15) is 5.69 Å². The zero-order valence-corrected chi connectivity index (χ0v) is 17.4. The monoisotopic (exact) mass is 398 g/mol. The van der Waals surface area contributed by atoms with Crippen LogP contribution in [0, 0.1) is 0 Å². The first-order valence-electron chi connectivity index (χ1n) is 10.9. The van der Waals surface area contributed by atoms with Crippen LogP contribution in [0.3, 0.4) is 0 Å².